The van der Waals surface area contributed by atoms with E-state index >= 15 is 0 Å². The molecule has 0 saturated carbocycles. The molecule has 6 nitrogen and oxygen atoms in total. The van der Waals surface area contributed by atoms with Gasteiger partial charge in [0.25, 0.3) is 5.91 Å². The van der Waals surface area contributed by atoms with Crippen LogP contribution in [0.2, 0.25) is 0 Å². The van der Waals surface area contributed by atoms with Crippen LogP contribution < -0.4 is 5.73 Å². The lowest BCUT2D eigenvalue weighted by atomic mass is 9.80. The Labute approximate surface area is 148 Å². The number of carbonyl (C=O) groups is 1. The smallest absolute Gasteiger partial charge is 0.277 e. The highest BCUT2D eigenvalue weighted by Crippen LogP contribution is 2.50. The van der Waals surface area contributed by atoms with Crippen molar-refractivity contribution in [2.45, 2.75) is 25.0 Å². The quantitative estimate of drug-likeness (QED) is 0.740. The first-order chi connectivity index (χ1) is 12.1. The van der Waals surface area contributed by atoms with Crippen LogP contribution in [-0.4, -0.2) is 25.5 Å². The number of primary amides is 1. The predicted molar refractivity (Wildman–Crippen MR) is 93.2 cm³/mol. The summed E-state index contributed by atoms with van der Waals surface area (Å²) in [5, 5.41) is 11.3. The van der Waals surface area contributed by atoms with Crippen molar-refractivity contribution in [2.75, 3.05) is 0 Å². The maximum absolute atomic E-state index is 11.4. The van der Waals surface area contributed by atoms with E-state index in [9.17, 15) is 9.90 Å². The molecule has 0 bridgehead atoms. The van der Waals surface area contributed by atoms with Gasteiger partial charge in [-0.25, -0.2) is 9.97 Å². The van der Waals surface area contributed by atoms with Crippen LogP contribution in [0.25, 0.3) is 11.3 Å². The van der Waals surface area contributed by atoms with Crippen molar-refractivity contribution in [2.24, 2.45) is 11.7 Å². The third-order valence-corrected chi connectivity index (χ3v) is 6.40. The van der Waals surface area contributed by atoms with Crippen LogP contribution in [0.3, 0.4) is 0 Å². The number of aliphatic hydroxyl groups excluding tert-OH is 1. The molecule has 7 heteroatoms. The average molecular weight is 352 g/mol. The summed E-state index contributed by atoms with van der Waals surface area (Å²) in [6.07, 6.45) is 4.60. The van der Waals surface area contributed by atoms with Gasteiger partial charge in [-0.05, 0) is 18.4 Å². The van der Waals surface area contributed by atoms with Gasteiger partial charge in [0.05, 0.1) is 30.0 Å². The normalized spacial score (nSPS) is 23.8. The van der Waals surface area contributed by atoms with Gasteiger partial charge in [0, 0.05) is 16.4 Å². The zero-order valence-electron chi connectivity index (χ0n) is 13.3. The first kappa shape index (κ1) is 14.8. The number of hydrogen-bond donors (Lipinski definition) is 2. The highest BCUT2D eigenvalue weighted by Gasteiger charge is 2.42. The molecule has 3 atom stereocenters. The molecule has 1 aromatic carbocycles. The number of aliphatic hydroxyl groups is 1. The molecule has 2 aliphatic rings. The Bertz CT molecular complexity index is 993. The predicted octanol–water partition coefficient (Wildman–Crippen LogP) is 2.30. The Balaban J connectivity index is 1.59. The fourth-order valence-electron chi connectivity index (χ4n) is 4.18. The molecule has 1 aliphatic carbocycles. The summed E-state index contributed by atoms with van der Waals surface area (Å²) in [7, 11) is 0. The van der Waals surface area contributed by atoms with Crippen molar-refractivity contribution in [3.63, 3.8) is 0 Å². The molecular formula is C18H16N4O2S. The number of nitrogens with zero attached hydrogens (tertiary/aromatic N) is 3. The number of hydrogen-bond acceptors (Lipinski definition) is 5. The van der Waals surface area contributed by atoms with Gasteiger partial charge < -0.3 is 15.4 Å². The minimum Gasteiger partial charge on any atom is -0.386 e. The number of thiazole rings is 1. The SMILES string of the molecule is NC(=O)c1nc2c(s1)CC[C@@H]([C@H]1c3ccccc3-c3cncn31)[C@@H]2O. The second-order valence-electron chi connectivity index (χ2n) is 6.56. The molecule has 126 valence electrons. The molecule has 3 heterocycles. The van der Waals surface area contributed by atoms with Crippen molar-refractivity contribution in [1.29, 1.82) is 0 Å². The summed E-state index contributed by atoms with van der Waals surface area (Å²) in [5.74, 6) is -0.557. The van der Waals surface area contributed by atoms with Crippen molar-refractivity contribution in [1.82, 2.24) is 14.5 Å². The molecule has 0 spiro atoms. The minimum atomic E-state index is -0.723. The molecule has 3 N–H and O–H groups in total. The highest BCUT2D eigenvalue weighted by atomic mass is 32.1. The lowest BCUT2D eigenvalue weighted by molar-refractivity contribution is 0.0690. The molecule has 2 aromatic heterocycles. The van der Waals surface area contributed by atoms with E-state index in [1.807, 2.05) is 24.7 Å². The topological polar surface area (TPSA) is 94.0 Å². The number of nitrogens with two attached hydrogens (primary N) is 1. The number of imidazole rings is 1. The Morgan fingerprint density at radius 3 is 3.04 bits per heavy atom. The van der Waals surface area contributed by atoms with Crippen LogP contribution in [0.15, 0.2) is 36.8 Å². The van der Waals surface area contributed by atoms with Gasteiger partial charge in [-0.15, -0.1) is 11.3 Å². The van der Waals surface area contributed by atoms with Gasteiger partial charge in [0.2, 0.25) is 0 Å². The third kappa shape index (κ3) is 2.03. The van der Waals surface area contributed by atoms with Gasteiger partial charge in [0.1, 0.15) is 6.10 Å². The summed E-state index contributed by atoms with van der Waals surface area (Å²) in [5.41, 5.74) is 9.42. The summed E-state index contributed by atoms with van der Waals surface area (Å²) in [6.45, 7) is 0. The molecule has 3 aromatic rings. The molecule has 5 rings (SSSR count). The van der Waals surface area contributed by atoms with Crippen LogP contribution in [0, 0.1) is 5.92 Å². The van der Waals surface area contributed by atoms with Gasteiger partial charge in [-0.1, -0.05) is 24.3 Å². The maximum Gasteiger partial charge on any atom is 0.277 e. The number of amides is 1. The van der Waals surface area contributed by atoms with Crippen molar-refractivity contribution in [3.05, 3.63) is 57.9 Å². The molecule has 0 fully saturated rings. The number of rotatable bonds is 2. The van der Waals surface area contributed by atoms with E-state index in [-0.39, 0.29) is 17.0 Å². The number of benzene rings is 1. The van der Waals surface area contributed by atoms with Gasteiger partial charge in [-0.3, -0.25) is 4.79 Å². The Morgan fingerprint density at radius 1 is 1.36 bits per heavy atom. The van der Waals surface area contributed by atoms with E-state index in [0.29, 0.717) is 5.69 Å². The Kier molecular flexibility index (Phi) is 3.10. The molecule has 1 aliphatic heterocycles. The Hall–Kier alpha value is -2.51. The number of aryl methyl sites for hydroxylation is 1. The van der Waals surface area contributed by atoms with E-state index in [1.165, 1.54) is 22.5 Å². The molecule has 0 unspecified atom stereocenters. The third-order valence-electron chi connectivity index (χ3n) is 5.26. The molecule has 0 saturated heterocycles. The number of aromatic nitrogens is 3. The van der Waals surface area contributed by atoms with E-state index < -0.39 is 12.0 Å². The van der Waals surface area contributed by atoms with Crippen molar-refractivity contribution >= 4 is 17.2 Å². The molecule has 25 heavy (non-hydrogen) atoms. The fourth-order valence-corrected chi connectivity index (χ4v) is 5.15. The second kappa shape index (κ2) is 5.24. The summed E-state index contributed by atoms with van der Waals surface area (Å²) >= 11 is 1.30. The minimum absolute atomic E-state index is 0.0214. The van der Waals surface area contributed by atoms with Crippen LogP contribution in [0.1, 0.15) is 44.5 Å². The van der Waals surface area contributed by atoms with Crippen LogP contribution in [-0.2, 0) is 6.42 Å². The zero-order valence-corrected chi connectivity index (χ0v) is 14.1. The van der Waals surface area contributed by atoms with Crippen molar-refractivity contribution < 1.29 is 9.90 Å². The van der Waals surface area contributed by atoms with Gasteiger partial charge >= 0.3 is 0 Å². The molecule has 0 radical (unpaired) electrons. The summed E-state index contributed by atoms with van der Waals surface area (Å²) < 4.78 is 2.14. The van der Waals surface area contributed by atoms with E-state index in [1.54, 1.807) is 0 Å². The largest absolute Gasteiger partial charge is 0.386 e. The first-order valence-corrected chi connectivity index (χ1v) is 9.05. The molecule has 1 amide bonds. The maximum atomic E-state index is 11.4. The van der Waals surface area contributed by atoms with Crippen LogP contribution >= 0.6 is 11.3 Å². The zero-order chi connectivity index (χ0) is 17.1. The van der Waals surface area contributed by atoms with Crippen molar-refractivity contribution in [3.8, 4) is 11.3 Å². The number of fused-ring (bicyclic) bond motifs is 4. The number of carbonyl (C=O) groups excluding carboxylic acids is 1. The second-order valence-corrected chi connectivity index (χ2v) is 7.64. The van der Waals surface area contributed by atoms with E-state index in [4.69, 9.17) is 5.73 Å². The molecular weight excluding hydrogens is 336 g/mol. The summed E-state index contributed by atoms with van der Waals surface area (Å²) in [4.78, 5) is 21.0. The van der Waals surface area contributed by atoms with E-state index in [0.717, 1.165) is 23.4 Å². The standard InChI is InChI=1S/C18H16N4O2S/c19-17(24)18-21-14-13(25-18)6-5-11(16(14)23)15-10-4-2-1-3-9(10)12-7-20-8-22(12)15/h1-4,7-8,11,15-16,23H,5-6H2,(H2,19,24)/t11-,15+,16-/m0/s1. The Morgan fingerprint density at radius 2 is 2.20 bits per heavy atom. The average Bonchev–Trinajstić information content (AvgIpc) is 3.29. The van der Waals surface area contributed by atoms with Crippen LogP contribution in [0.5, 0.6) is 0 Å². The van der Waals surface area contributed by atoms with Gasteiger partial charge in [0.15, 0.2) is 5.01 Å². The monoisotopic (exact) mass is 352 g/mol. The van der Waals surface area contributed by atoms with E-state index in [2.05, 4.69) is 26.7 Å². The highest BCUT2D eigenvalue weighted by molar-refractivity contribution is 7.13. The fraction of sp³-hybridized carbons (Fsp3) is 0.278. The van der Waals surface area contributed by atoms with Gasteiger partial charge in [-0.2, -0.15) is 0 Å². The summed E-state index contributed by atoms with van der Waals surface area (Å²) in [6, 6.07) is 8.28. The lowest BCUT2D eigenvalue weighted by Gasteiger charge is -2.33. The van der Waals surface area contributed by atoms with Crippen LogP contribution in [0.4, 0.5) is 0 Å². The lowest BCUT2D eigenvalue weighted by Crippen LogP contribution is -2.28. The first-order valence-electron chi connectivity index (χ1n) is 8.23.